The van der Waals surface area contributed by atoms with Crippen LogP contribution in [-0.2, 0) is 17.9 Å². The van der Waals surface area contributed by atoms with E-state index in [1.54, 1.807) is 0 Å². The number of nitrogens with zero attached hydrogens (tertiary/aromatic N) is 3. The van der Waals surface area contributed by atoms with Crippen molar-refractivity contribution >= 4 is 17.2 Å². The van der Waals surface area contributed by atoms with E-state index in [9.17, 15) is 4.79 Å². The van der Waals surface area contributed by atoms with Gasteiger partial charge in [0.05, 0.1) is 6.54 Å². The summed E-state index contributed by atoms with van der Waals surface area (Å²) >= 11 is 1.82. The van der Waals surface area contributed by atoms with Crippen molar-refractivity contribution in [3.05, 3.63) is 58.3 Å². The topological polar surface area (TPSA) is 26.8 Å². The van der Waals surface area contributed by atoms with Crippen molar-refractivity contribution in [1.82, 2.24) is 14.7 Å². The van der Waals surface area contributed by atoms with Gasteiger partial charge in [0.1, 0.15) is 0 Å². The molecule has 1 aromatic carbocycles. The van der Waals surface area contributed by atoms with E-state index in [0.717, 1.165) is 39.3 Å². The third-order valence-corrected chi connectivity index (χ3v) is 5.60. The smallest absolute Gasteiger partial charge is 0.237 e. The molecule has 4 nitrogen and oxygen atoms in total. The minimum absolute atomic E-state index is 0.234. The van der Waals surface area contributed by atoms with Crippen LogP contribution >= 0.6 is 11.3 Å². The van der Waals surface area contributed by atoms with Gasteiger partial charge in [0, 0.05) is 50.7 Å². The van der Waals surface area contributed by atoms with Crippen molar-refractivity contribution in [1.29, 1.82) is 0 Å². The van der Waals surface area contributed by atoms with Crippen LogP contribution in [0.2, 0.25) is 0 Å². The van der Waals surface area contributed by atoms with Gasteiger partial charge in [0.25, 0.3) is 0 Å². The molecule has 0 aliphatic carbocycles. The number of likely N-dealkylation sites (N-methyl/N-ethyl adjacent to an activating group) is 1. The van der Waals surface area contributed by atoms with Crippen LogP contribution in [0.5, 0.6) is 0 Å². The van der Waals surface area contributed by atoms with Crippen LogP contribution in [0, 0.1) is 0 Å². The standard InChI is InChI=1S/C20H27N3OS/c1-2-23(15-18-7-4-3-5-8-18)20(24)17-22-12-10-21(11-13-22)16-19-9-6-14-25-19/h3-9,14H,2,10-13,15-17H2,1H3. The Hall–Kier alpha value is -1.69. The zero-order valence-electron chi connectivity index (χ0n) is 14.9. The SMILES string of the molecule is CCN(Cc1ccccc1)C(=O)CN1CCN(Cc2cccs2)CC1. The predicted molar refractivity (Wildman–Crippen MR) is 104 cm³/mol. The van der Waals surface area contributed by atoms with Gasteiger partial charge in [-0.15, -0.1) is 11.3 Å². The molecule has 1 saturated heterocycles. The fourth-order valence-corrected chi connectivity index (χ4v) is 3.95. The third kappa shape index (κ3) is 5.39. The van der Waals surface area contributed by atoms with Gasteiger partial charge >= 0.3 is 0 Å². The molecule has 2 heterocycles. The number of hydrogen-bond acceptors (Lipinski definition) is 4. The normalized spacial score (nSPS) is 16.0. The third-order valence-electron chi connectivity index (χ3n) is 4.73. The second-order valence-corrected chi connectivity index (χ2v) is 7.56. The molecule has 0 radical (unpaired) electrons. The Kier molecular flexibility index (Phi) is 6.62. The van der Waals surface area contributed by atoms with E-state index in [0.29, 0.717) is 13.1 Å². The highest BCUT2D eigenvalue weighted by Gasteiger charge is 2.21. The minimum atomic E-state index is 0.234. The Morgan fingerprint density at radius 3 is 2.40 bits per heavy atom. The highest BCUT2D eigenvalue weighted by atomic mass is 32.1. The molecule has 1 amide bonds. The summed E-state index contributed by atoms with van der Waals surface area (Å²) in [7, 11) is 0. The van der Waals surface area contributed by atoms with Gasteiger partial charge in [-0.1, -0.05) is 36.4 Å². The number of carbonyl (C=O) groups is 1. The van der Waals surface area contributed by atoms with Crippen LogP contribution in [0.4, 0.5) is 0 Å². The molecule has 2 aromatic rings. The summed E-state index contributed by atoms with van der Waals surface area (Å²) in [6, 6.07) is 14.5. The maximum absolute atomic E-state index is 12.7. The lowest BCUT2D eigenvalue weighted by Crippen LogP contribution is -2.49. The highest BCUT2D eigenvalue weighted by Crippen LogP contribution is 2.14. The van der Waals surface area contributed by atoms with Gasteiger partial charge in [0.2, 0.25) is 5.91 Å². The molecule has 0 N–H and O–H groups in total. The van der Waals surface area contributed by atoms with Crippen molar-refractivity contribution in [2.45, 2.75) is 20.0 Å². The fourth-order valence-electron chi connectivity index (χ4n) is 3.20. The van der Waals surface area contributed by atoms with E-state index in [2.05, 4.69) is 46.4 Å². The number of amides is 1. The Bertz CT molecular complexity index is 636. The lowest BCUT2D eigenvalue weighted by molar-refractivity contribution is -0.133. The predicted octanol–water partition coefficient (Wildman–Crippen LogP) is 2.91. The first kappa shape index (κ1) is 18.1. The van der Waals surface area contributed by atoms with E-state index in [-0.39, 0.29) is 5.91 Å². The van der Waals surface area contributed by atoms with Crippen LogP contribution in [0.15, 0.2) is 47.8 Å². The monoisotopic (exact) mass is 357 g/mol. The van der Waals surface area contributed by atoms with E-state index in [1.807, 2.05) is 34.4 Å². The summed E-state index contributed by atoms with van der Waals surface area (Å²) in [5, 5.41) is 2.14. The molecule has 1 aliphatic rings. The van der Waals surface area contributed by atoms with Gasteiger partial charge in [0.15, 0.2) is 0 Å². The molecule has 1 aromatic heterocycles. The average Bonchev–Trinajstić information content (AvgIpc) is 3.15. The molecule has 3 rings (SSSR count). The van der Waals surface area contributed by atoms with Crippen LogP contribution < -0.4 is 0 Å². The van der Waals surface area contributed by atoms with E-state index in [4.69, 9.17) is 0 Å². The maximum Gasteiger partial charge on any atom is 0.237 e. The summed E-state index contributed by atoms with van der Waals surface area (Å²) in [5.41, 5.74) is 1.19. The first-order chi connectivity index (χ1) is 12.2. The summed E-state index contributed by atoms with van der Waals surface area (Å²) in [6.45, 7) is 9.11. The zero-order valence-corrected chi connectivity index (χ0v) is 15.8. The quantitative estimate of drug-likeness (QED) is 0.762. The Morgan fingerprint density at radius 2 is 1.76 bits per heavy atom. The molecular formula is C20H27N3OS. The molecule has 1 aliphatic heterocycles. The van der Waals surface area contributed by atoms with Crippen molar-refractivity contribution in [2.24, 2.45) is 0 Å². The maximum atomic E-state index is 12.7. The van der Waals surface area contributed by atoms with Crippen LogP contribution in [0.3, 0.4) is 0 Å². The molecule has 1 fully saturated rings. The lowest BCUT2D eigenvalue weighted by Gasteiger charge is -2.35. The Labute approximate surface area is 154 Å². The molecule has 0 spiro atoms. The largest absolute Gasteiger partial charge is 0.338 e. The van der Waals surface area contributed by atoms with E-state index < -0.39 is 0 Å². The molecule has 0 saturated carbocycles. The van der Waals surface area contributed by atoms with Gasteiger partial charge in [-0.2, -0.15) is 0 Å². The molecule has 0 bridgehead atoms. The van der Waals surface area contributed by atoms with Gasteiger partial charge in [-0.05, 0) is 23.9 Å². The minimum Gasteiger partial charge on any atom is -0.338 e. The first-order valence-corrected chi connectivity index (χ1v) is 9.91. The molecule has 25 heavy (non-hydrogen) atoms. The lowest BCUT2D eigenvalue weighted by atomic mass is 10.2. The van der Waals surface area contributed by atoms with Gasteiger partial charge in [-0.25, -0.2) is 0 Å². The van der Waals surface area contributed by atoms with Crippen LogP contribution in [-0.4, -0.2) is 59.9 Å². The van der Waals surface area contributed by atoms with Gasteiger partial charge in [-0.3, -0.25) is 14.6 Å². The number of piperazine rings is 1. The number of rotatable bonds is 7. The number of thiophene rings is 1. The number of carbonyl (C=O) groups excluding carboxylic acids is 1. The molecule has 0 unspecified atom stereocenters. The second kappa shape index (κ2) is 9.13. The Morgan fingerprint density at radius 1 is 1.04 bits per heavy atom. The van der Waals surface area contributed by atoms with E-state index in [1.165, 1.54) is 10.4 Å². The van der Waals surface area contributed by atoms with E-state index >= 15 is 0 Å². The summed E-state index contributed by atoms with van der Waals surface area (Å²) < 4.78 is 0. The van der Waals surface area contributed by atoms with Crippen LogP contribution in [0.1, 0.15) is 17.4 Å². The number of benzene rings is 1. The molecule has 0 atom stereocenters. The molecule has 134 valence electrons. The summed E-state index contributed by atoms with van der Waals surface area (Å²) in [5.74, 6) is 0.234. The van der Waals surface area contributed by atoms with Gasteiger partial charge < -0.3 is 4.90 Å². The van der Waals surface area contributed by atoms with Crippen molar-refractivity contribution in [3.63, 3.8) is 0 Å². The van der Waals surface area contributed by atoms with Crippen molar-refractivity contribution in [2.75, 3.05) is 39.3 Å². The second-order valence-electron chi connectivity index (χ2n) is 6.53. The summed E-state index contributed by atoms with van der Waals surface area (Å²) in [6.07, 6.45) is 0. The highest BCUT2D eigenvalue weighted by molar-refractivity contribution is 7.09. The fraction of sp³-hybridized carbons (Fsp3) is 0.450. The van der Waals surface area contributed by atoms with Crippen molar-refractivity contribution < 1.29 is 4.79 Å². The summed E-state index contributed by atoms with van der Waals surface area (Å²) in [4.78, 5) is 20.8. The first-order valence-electron chi connectivity index (χ1n) is 9.03. The van der Waals surface area contributed by atoms with Crippen molar-refractivity contribution in [3.8, 4) is 0 Å². The molecular weight excluding hydrogens is 330 g/mol. The van der Waals surface area contributed by atoms with Crippen LogP contribution in [0.25, 0.3) is 0 Å². The zero-order chi connectivity index (χ0) is 17.5. The number of hydrogen-bond donors (Lipinski definition) is 0. The average molecular weight is 358 g/mol. The Balaban J connectivity index is 1.44. The molecule has 5 heteroatoms.